The summed E-state index contributed by atoms with van der Waals surface area (Å²) >= 11 is -4.32. The van der Waals surface area contributed by atoms with Crippen molar-refractivity contribution in [2.45, 2.75) is 6.92 Å². The quantitative estimate of drug-likeness (QED) is 0.613. The molecule has 0 saturated carbocycles. The van der Waals surface area contributed by atoms with E-state index in [-0.39, 0.29) is 5.56 Å². The average Bonchev–Trinajstić information content (AvgIpc) is 2.26. The van der Waals surface area contributed by atoms with Gasteiger partial charge in [0.1, 0.15) is 3.57 Å². The van der Waals surface area contributed by atoms with E-state index in [4.69, 9.17) is 10.2 Å². The largest absolute Gasteiger partial charge is 0.478 e. The van der Waals surface area contributed by atoms with Crippen LogP contribution in [-0.2, 0) is 6.14 Å². The lowest BCUT2D eigenvalue weighted by Crippen LogP contribution is -2.11. The van der Waals surface area contributed by atoms with Crippen LogP contribution in [0, 0.1) is 3.57 Å². The fourth-order valence-corrected chi connectivity index (χ4v) is 3.03. The lowest BCUT2D eigenvalue weighted by atomic mass is 10.0. The van der Waals surface area contributed by atoms with E-state index in [0.29, 0.717) is 0 Å². The number of aromatic carboxylic acids is 2. The predicted molar refractivity (Wildman–Crippen MR) is 64.5 cm³/mol. The van der Waals surface area contributed by atoms with Crippen LogP contribution in [0.4, 0.5) is 0 Å². The Balaban J connectivity index is 3.82. The molecule has 0 fully saturated rings. The van der Waals surface area contributed by atoms with Crippen molar-refractivity contribution in [3.05, 3.63) is 32.4 Å². The number of ketones is 1. The molecule has 0 spiro atoms. The number of carbonyl (C=O) groups excluding carboxylic acids is 1. The smallest absolute Gasteiger partial charge is 0.342 e. The van der Waals surface area contributed by atoms with Gasteiger partial charge in [0, 0.05) is 5.56 Å². The van der Waals surface area contributed by atoms with E-state index < -0.39 is 52.2 Å². The van der Waals surface area contributed by atoms with Gasteiger partial charge in [-0.1, -0.05) is 0 Å². The number of carboxylic acids is 2. The fraction of sp³-hybridized carbons (Fsp3) is 0.100. The van der Waals surface area contributed by atoms with Gasteiger partial charge in [0.25, 0.3) is 0 Å². The average molecular weight is 366 g/mol. The molecule has 0 heterocycles. The van der Waals surface area contributed by atoms with Crippen molar-refractivity contribution in [1.29, 1.82) is 0 Å². The number of halogens is 1. The number of rotatable bonds is 4. The van der Waals surface area contributed by atoms with Gasteiger partial charge in [-0.25, -0.2) is 15.7 Å². The van der Waals surface area contributed by atoms with Gasteiger partial charge in [0.05, 0.1) is 11.1 Å². The molecule has 0 unspecified atom stereocenters. The minimum atomic E-state index is -4.32. The van der Waals surface area contributed by atoms with Crippen molar-refractivity contribution in [1.82, 2.24) is 0 Å². The van der Waals surface area contributed by atoms with Crippen molar-refractivity contribution in [2.24, 2.45) is 0 Å². The molecule has 1 rings (SSSR count). The van der Waals surface area contributed by atoms with Gasteiger partial charge in [-0.2, -0.15) is 0 Å². The Morgan fingerprint density at radius 3 is 1.61 bits per heavy atom. The normalized spacial score (nSPS) is 10.3. The first-order valence-corrected chi connectivity index (χ1v) is 7.30. The first-order chi connectivity index (χ1) is 8.25. The van der Waals surface area contributed by atoms with Crippen LogP contribution in [-0.4, -0.2) is 27.9 Å². The summed E-state index contributed by atoms with van der Waals surface area (Å²) in [6.07, 6.45) is 0. The molecular formula is C10H7IO7. The van der Waals surface area contributed by atoms with Crippen LogP contribution in [0.5, 0.6) is 0 Å². The third kappa shape index (κ3) is 2.70. The number of carboxylic acid groups (broad SMARTS) is 2. The van der Waals surface area contributed by atoms with Gasteiger partial charge in [0.15, 0.2) is 5.78 Å². The van der Waals surface area contributed by atoms with Gasteiger partial charge < -0.3 is 10.2 Å². The van der Waals surface area contributed by atoms with Crippen LogP contribution in [0.3, 0.4) is 0 Å². The van der Waals surface area contributed by atoms with Crippen LogP contribution in [0.2, 0.25) is 0 Å². The summed E-state index contributed by atoms with van der Waals surface area (Å²) in [6, 6.07) is 1.74. The highest BCUT2D eigenvalue weighted by molar-refractivity contribution is 14.2. The van der Waals surface area contributed by atoms with E-state index in [9.17, 15) is 20.5 Å². The zero-order chi connectivity index (χ0) is 14.0. The predicted octanol–water partition coefficient (Wildman–Crippen LogP) is 1.65. The molecular weight excluding hydrogens is 359 g/mol. The summed E-state index contributed by atoms with van der Waals surface area (Å²) in [7, 11) is 0. The minimum Gasteiger partial charge on any atom is -0.478 e. The summed E-state index contributed by atoms with van der Waals surface area (Å²) in [5, 5.41) is 17.7. The van der Waals surface area contributed by atoms with Crippen LogP contribution < -0.4 is 0 Å². The molecule has 0 atom stereocenters. The summed E-state index contributed by atoms with van der Waals surface area (Å²) < 4.78 is 21.4. The topological polar surface area (TPSA) is 126 Å². The van der Waals surface area contributed by atoms with Crippen molar-refractivity contribution >= 4 is 37.5 Å². The number of hydrogen-bond donors (Lipinski definition) is 2. The van der Waals surface area contributed by atoms with E-state index in [2.05, 4.69) is 0 Å². The Morgan fingerprint density at radius 2 is 1.39 bits per heavy atom. The Kier molecular flexibility index (Phi) is 4.11. The van der Waals surface area contributed by atoms with Gasteiger partial charge in [-0.3, -0.25) is 4.79 Å². The minimum absolute atomic E-state index is 0.161. The lowest BCUT2D eigenvalue weighted by molar-refractivity contribution is 0.0695. The molecule has 1 aromatic carbocycles. The monoisotopic (exact) mass is 366 g/mol. The highest BCUT2D eigenvalue weighted by Crippen LogP contribution is 2.28. The molecule has 0 aromatic heterocycles. The zero-order valence-corrected chi connectivity index (χ0v) is 11.1. The SMILES string of the molecule is CC(=O)c1cc(C(=O)O)c(I(=O)=O)c(C(=O)O)c1. The first-order valence-electron chi connectivity index (χ1n) is 4.46. The molecule has 0 bridgehead atoms. The molecule has 1 aromatic rings. The third-order valence-electron chi connectivity index (χ3n) is 2.09. The molecule has 18 heavy (non-hydrogen) atoms. The highest BCUT2D eigenvalue weighted by Gasteiger charge is 2.24. The van der Waals surface area contributed by atoms with Gasteiger partial charge in [-0.05, 0) is 19.1 Å². The van der Waals surface area contributed by atoms with Crippen LogP contribution in [0.15, 0.2) is 12.1 Å². The Labute approximate surface area is 108 Å². The molecule has 0 radical (unpaired) electrons. The molecule has 2 N–H and O–H groups in total. The molecule has 8 heteroatoms. The molecule has 0 aliphatic heterocycles. The van der Waals surface area contributed by atoms with E-state index in [1.54, 1.807) is 0 Å². The summed E-state index contributed by atoms with van der Waals surface area (Å²) in [6.45, 7) is 1.12. The number of Topliss-reactive ketones (excluding diaryl/α,β-unsaturated/α-hetero) is 1. The molecule has 0 amide bonds. The molecule has 0 aliphatic rings. The zero-order valence-electron chi connectivity index (χ0n) is 8.97. The molecule has 0 aliphatic carbocycles. The maximum absolute atomic E-state index is 11.1. The maximum Gasteiger partial charge on any atom is 0.342 e. The van der Waals surface area contributed by atoms with E-state index in [0.717, 1.165) is 19.1 Å². The second-order valence-electron chi connectivity index (χ2n) is 3.27. The molecule has 7 nitrogen and oxygen atoms in total. The van der Waals surface area contributed by atoms with E-state index >= 15 is 0 Å². The van der Waals surface area contributed by atoms with Crippen LogP contribution in [0.25, 0.3) is 0 Å². The number of hydrogen-bond acceptors (Lipinski definition) is 5. The molecule has 96 valence electrons. The van der Waals surface area contributed by atoms with Crippen molar-refractivity contribution < 1.29 is 30.7 Å². The van der Waals surface area contributed by atoms with Crippen molar-refractivity contribution in [2.75, 3.05) is 0 Å². The van der Waals surface area contributed by atoms with Gasteiger partial charge >= 0.3 is 31.7 Å². The van der Waals surface area contributed by atoms with Gasteiger partial charge in [0.2, 0.25) is 0 Å². The summed E-state index contributed by atoms with van der Waals surface area (Å²) in [4.78, 5) is 33.0. The highest BCUT2D eigenvalue weighted by atomic mass is 127. The van der Waals surface area contributed by atoms with Crippen LogP contribution in [0.1, 0.15) is 38.0 Å². The number of carbonyl (C=O) groups is 3. The van der Waals surface area contributed by atoms with Gasteiger partial charge in [-0.15, -0.1) is 0 Å². The third-order valence-corrected chi connectivity index (χ3v) is 4.14. The first kappa shape index (κ1) is 14.2. The standard InChI is InChI=1S/C10H7IO7/c1-4(12)5-2-6(9(13)14)8(11(17)18)7(3-5)10(15)16/h2-3H,1H3,(H,13,14)(H,15,16). The second-order valence-corrected chi connectivity index (χ2v) is 5.59. The van der Waals surface area contributed by atoms with E-state index in [1.807, 2.05) is 0 Å². The lowest BCUT2D eigenvalue weighted by Gasteiger charge is -2.05. The Hall–Kier alpha value is -1.84. The fourth-order valence-electron chi connectivity index (χ4n) is 1.31. The maximum atomic E-state index is 11.1. The number of benzene rings is 1. The van der Waals surface area contributed by atoms with E-state index in [1.165, 1.54) is 0 Å². The Bertz CT molecular complexity index is 584. The van der Waals surface area contributed by atoms with Crippen LogP contribution >= 0.6 is 19.8 Å². The summed E-state index contributed by atoms with van der Waals surface area (Å²) in [5.74, 6) is -3.74. The van der Waals surface area contributed by atoms with Crippen molar-refractivity contribution in [3.63, 3.8) is 0 Å². The van der Waals surface area contributed by atoms with Crippen molar-refractivity contribution in [3.8, 4) is 0 Å². The second kappa shape index (κ2) is 5.21. The molecule has 0 saturated heterocycles. The summed E-state index contributed by atoms with van der Waals surface area (Å²) in [5.41, 5.74) is -1.53. The Morgan fingerprint density at radius 1 is 1.00 bits per heavy atom.